The van der Waals surface area contributed by atoms with Crippen LogP contribution in [0.25, 0.3) is 11.3 Å². The third-order valence-electron chi connectivity index (χ3n) is 3.37. The van der Waals surface area contributed by atoms with Gasteiger partial charge in [-0.15, -0.1) is 10.2 Å². The lowest BCUT2D eigenvalue weighted by Crippen LogP contribution is -2.10. The molecule has 2 aromatic rings. The minimum absolute atomic E-state index is 0.898. The van der Waals surface area contributed by atoms with Gasteiger partial charge in [-0.05, 0) is 36.5 Å². The van der Waals surface area contributed by atoms with Gasteiger partial charge in [-0.1, -0.05) is 31.2 Å². The zero-order chi connectivity index (χ0) is 12.4. The van der Waals surface area contributed by atoms with Crippen molar-refractivity contribution in [3.8, 4) is 11.3 Å². The molecule has 1 aromatic carbocycles. The van der Waals surface area contributed by atoms with Crippen molar-refractivity contribution in [2.24, 2.45) is 0 Å². The average Bonchev–Trinajstić information content (AvgIpc) is 2.44. The lowest BCUT2D eigenvalue weighted by molar-refractivity contribution is 0.887. The Hall–Kier alpha value is -1.90. The van der Waals surface area contributed by atoms with E-state index in [1.54, 1.807) is 0 Å². The Labute approximate surface area is 107 Å². The molecule has 0 radical (unpaired) electrons. The van der Waals surface area contributed by atoms with Crippen LogP contribution < -0.4 is 5.32 Å². The molecule has 0 fully saturated rings. The second kappa shape index (κ2) is 4.77. The Morgan fingerprint density at radius 2 is 1.94 bits per heavy atom. The molecule has 0 bridgehead atoms. The van der Waals surface area contributed by atoms with E-state index in [0.717, 1.165) is 37.3 Å². The minimum atomic E-state index is 0.898. The molecule has 0 saturated heterocycles. The fraction of sp³-hybridized carbons (Fsp3) is 0.333. The van der Waals surface area contributed by atoms with Crippen LogP contribution in [0.4, 0.5) is 5.82 Å². The summed E-state index contributed by atoms with van der Waals surface area (Å²) in [6, 6.07) is 10.6. The predicted octanol–water partition coefficient (Wildman–Crippen LogP) is 3.06. The molecule has 1 aromatic heterocycles. The van der Waals surface area contributed by atoms with E-state index in [-0.39, 0.29) is 0 Å². The highest BCUT2D eigenvalue weighted by atomic mass is 15.2. The first kappa shape index (κ1) is 11.2. The molecule has 3 nitrogen and oxygen atoms in total. The lowest BCUT2D eigenvalue weighted by atomic mass is 9.89. The van der Waals surface area contributed by atoms with Crippen LogP contribution in [-0.4, -0.2) is 16.7 Å². The molecule has 1 aliphatic carbocycles. The van der Waals surface area contributed by atoms with Gasteiger partial charge >= 0.3 is 0 Å². The molecule has 3 heteroatoms. The number of aromatic nitrogens is 2. The molecule has 0 spiro atoms. The van der Waals surface area contributed by atoms with Crippen molar-refractivity contribution >= 4 is 5.82 Å². The molecule has 18 heavy (non-hydrogen) atoms. The van der Waals surface area contributed by atoms with E-state index in [0.29, 0.717) is 0 Å². The first-order valence-corrected chi connectivity index (χ1v) is 6.57. The van der Waals surface area contributed by atoms with Gasteiger partial charge in [0.1, 0.15) is 5.82 Å². The Bertz CT molecular complexity index is 563. The molecule has 0 saturated carbocycles. The van der Waals surface area contributed by atoms with Gasteiger partial charge < -0.3 is 5.32 Å². The van der Waals surface area contributed by atoms with Gasteiger partial charge in [0.2, 0.25) is 0 Å². The van der Waals surface area contributed by atoms with Gasteiger partial charge in [0.15, 0.2) is 0 Å². The van der Waals surface area contributed by atoms with Gasteiger partial charge in [0, 0.05) is 12.1 Å². The van der Waals surface area contributed by atoms with Crippen molar-refractivity contribution in [1.82, 2.24) is 10.2 Å². The quantitative estimate of drug-likeness (QED) is 0.894. The number of benzene rings is 1. The summed E-state index contributed by atoms with van der Waals surface area (Å²) in [4.78, 5) is 0. The van der Waals surface area contributed by atoms with Gasteiger partial charge in [0.05, 0.1) is 5.69 Å². The van der Waals surface area contributed by atoms with E-state index in [2.05, 4.69) is 52.8 Å². The second-order valence-electron chi connectivity index (χ2n) is 4.69. The van der Waals surface area contributed by atoms with Crippen molar-refractivity contribution < 1.29 is 0 Å². The number of hydrogen-bond acceptors (Lipinski definition) is 3. The van der Waals surface area contributed by atoms with Gasteiger partial charge in [0.25, 0.3) is 0 Å². The number of hydrogen-bond donors (Lipinski definition) is 1. The number of rotatable bonds is 3. The maximum atomic E-state index is 4.40. The summed E-state index contributed by atoms with van der Waals surface area (Å²) in [6.07, 6.45) is 3.26. The third-order valence-corrected chi connectivity index (χ3v) is 3.37. The molecule has 0 unspecified atom stereocenters. The average molecular weight is 239 g/mol. The van der Waals surface area contributed by atoms with E-state index >= 15 is 0 Å². The summed E-state index contributed by atoms with van der Waals surface area (Å²) in [7, 11) is 0. The van der Waals surface area contributed by atoms with Crippen LogP contribution in [0.1, 0.15) is 24.5 Å². The van der Waals surface area contributed by atoms with Crippen LogP contribution in [0.2, 0.25) is 0 Å². The Morgan fingerprint density at radius 1 is 1.11 bits per heavy atom. The van der Waals surface area contributed by atoms with Crippen LogP contribution in [0, 0.1) is 0 Å². The van der Waals surface area contributed by atoms with Crippen LogP contribution in [-0.2, 0) is 12.8 Å². The van der Waals surface area contributed by atoms with Crippen molar-refractivity contribution in [3.05, 3.63) is 41.5 Å². The number of nitrogens with zero attached hydrogens (tertiary/aromatic N) is 2. The Balaban J connectivity index is 1.98. The molecule has 1 heterocycles. The summed E-state index contributed by atoms with van der Waals surface area (Å²) >= 11 is 0. The predicted molar refractivity (Wildman–Crippen MR) is 73.7 cm³/mol. The number of aryl methyl sites for hydroxylation is 2. The minimum Gasteiger partial charge on any atom is -0.369 e. The fourth-order valence-electron chi connectivity index (χ4n) is 2.43. The molecule has 0 amide bonds. The van der Waals surface area contributed by atoms with E-state index in [9.17, 15) is 0 Å². The second-order valence-corrected chi connectivity index (χ2v) is 4.69. The van der Waals surface area contributed by atoms with E-state index < -0.39 is 0 Å². The molecule has 0 atom stereocenters. The SMILES string of the molecule is CCCNc1cc2c(nn1)-c1ccccc1CC2. The number of fused-ring (bicyclic) bond motifs is 3. The standard InChI is InChI=1S/C15H17N3/c1-2-9-16-14-10-12-8-7-11-5-3-4-6-13(11)15(12)18-17-14/h3-6,10H,2,7-9H2,1H3,(H,16,17). The fourth-order valence-corrected chi connectivity index (χ4v) is 2.43. The van der Waals surface area contributed by atoms with Crippen LogP contribution in [0.15, 0.2) is 30.3 Å². The Kier molecular flexibility index (Phi) is 2.97. The summed E-state index contributed by atoms with van der Waals surface area (Å²) in [5.74, 6) is 0.898. The number of nitrogens with one attached hydrogen (secondary N) is 1. The van der Waals surface area contributed by atoms with Crippen molar-refractivity contribution in [1.29, 1.82) is 0 Å². The van der Waals surface area contributed by atoms with Crippen molar-refractivity contribution in [2.75, 3.05) is 11.9 Å². The first-order chi connectivity index (χ1) is 8.88. The number of anilines is 1. The normalized spacial score (nSPS) is 12.7. The molecule has 3 rings (SSSR count). The zero-order valence-electron chi connectivity index (χ0n) is 10.6. The van der Waals surface area contributed by atoms with E-state index in [4.69, 9.17) is 0 Å². The summed E-state index contributed by atoms with van der Waals surface area (Å²) in [5.41, 5.74) is 4.99. The van der Waals surface area contributed by atoms with Gasteiger partial charge in [-0.25, -0.2) is 0 Å². The summed E-state index contributed by atoms with van der Waals surface area (Å²) < 4.78 is 0. The van der Waals surface area contributed by atoms with Gasteiger partial charge in [-0.3, -0.25) is 0 Å². The largest absolute Gasteiger partial charge is 0.369 e. The lowest BCUT2D eigenvalue weighted by Gasteiger charge is -2.18. The molecule has 92 valence electrons. The highest BCUT2D eigenvalue weighted by Gasteiger charge is 2.17. The zero-order valence-corrected chi connectivity index (χ0v) is 10.6. The maximum absolute atomic E-state index is 4.40. The van der Waals surface area contributed by atoms with Crippen LogP contribution >= 0.6 is 0 Å². The van der Waals surface area contributed by atoms with Crippen LogP contribution in [0.3, 0.4) is 0 Å². The van der Waals surface area contributed by atoms with Crippen LogP contribution in [0.5, 0.6) is 0 Å². The third kappa shape index (κ3) is 1.96. The maximum Gasteiger partial charge on any atom is 0.148 e. The Morgan fingerprint density at radius 3 is 2.83 bits per heavy atom. The summed E-state index contributed by atoms with van der Waals surface area (Å²) in [5, 5.41) is 12.0. The van der Waals surface area contributed by atoms with Gasteiger partial charge in [-0.2, -0.15) is 0 Å². The highest BCUT2D eigenvalue weighted by molar-refractivity contribution is 5.70. The van der Waals surface area contributed by atoms with Crippen molar-refractivity contribution in [3.63, 3.8) is 0 Å². The first-order valence-electron chi connectivity index (χ1n) is 6.57. The summed E-state index contributed by atoms with van der Waals surface area (Å²) in [6.45, 7) is 3.10. The molecular weight excluding hydrogens is 222 g/mol. The topological polar surface area (TPSA) is 37.8 Å². The van der Waals surface area contributed by atoms with Crippen molar-refractivity contribution in [2.45, 2.75) is 26.2 Å². The smallest absolute Gasteiger partial charge is 0.148 e. The monoisotopic (exact) mass is 239 g/mol. The molecule has 1 N–H and O–H groups in total. The molecule has 0 aliphatic heterocycles. The van der Waals surface area contributed by atoms with E-state index in [1.165, 1.54) is 16.7 Å². The highest BCUT2D eigenvalue weighted by Crippen LogP contribution is 2.31. The molecular formula is C15H17N3. The van der Waals surface area contributed by atoms with E-state index in [1.807, 2.05) is 0 Å². The molecule has 1 aliphatic rings.